The lowest BCUT2D eigenvalue weighted by Crippen LogP contribution is -2.17. The van der Waals surface area contributed by atoms with Crippen molar-refractivity contribution in [2.45, 2.75) is 49.3 Å². The second kappa shape index (κ2) is 5.25. The van der Waals surface area contributed by atoms with E-state index in [1.165, 1.54) is 32.1 Å². The van der Waals surface area contributed by atoms with Crippen molar-refractivity contribution in [3.05, 3.63) is 17.0 Å². The highest BCUT2D eigenvalue weighted by atomic mass is 35.5. The lowest BCUT2D eigenvalue weighted by atomic mass is 10.2. The van der Waals surface area contributed by atoms with E-state index < -0.39 is 0 Å². The van der Waals surface area contributed by atoms with Crippen molar-refractivity contribution in [1.82, 2.24) is 9.97 Å². The van der Waals surface area contributed by atoms with Crippen LogP contribution in [0, 0.1) is 0 Å². The van der Waals surface area contributed by atoms with E-state index in [4.69, 9.17) is 11.6 Å². The number of hydrogen-bond donors (Lipinski definition) is 1. The maximum atomic E-state index is 6.07. The predicted molar refractivity (Wildman–Crippen MR) is 77.6 cm³/mol. The molecule has 2 atom stereocenters. The number of hydrogen-bond acceptors (Lipinski definition) is 4. The minimum atomic E-state index is 0.542. The summed E-state index contributed by atoms with van der Waals surface area (Å²) in [7, 11) is 0. The summed E-state index contributed by atoms with van der Waals surface area (Å²) in [6.07, 6.45) is 8.36. The second-order valence-corrected chi connectivity index (χ2v) is 6.75. The molecule has 1 N–H and O–H groups in total. The number of thioether (sulfide) groups is 1. The number of nitrogens with one attached hydrogen (secondary N) is 1. The molecule has 0 aliphatic heterocycles. The minimum absolute atomic E-state index is 0.542. The van der Waals surface area contributed by atoms with E-state index in [9.17, 15) is 0 Å². The van der Waals surface area contributed by atoms with E-state index in [0.29, 0.717) is 17.1 Å². The zero-order valence-corrected chi connectivity index (χ0v) is 12.1. The molecule has 0 bridgehead atoms. The van der Waals surface area contributed by atoms with Crippen molar-refractivity contribution in [3.8, 4) is 0 Å². The Morgan fingerprint density at radius 2 is 2.11 bits per heavy atom. The lowest BCUT2D eigenvalue weighted by Gasteiger charge is -2.14. The van der Waals surface area contributed by atoms with Crippen molar-refractivity contribution in [2.75, 3.05) is 11.6 Å². The maximum absolute atomic E-state index is 6.07. The fraction of sp³-hybridized carbons (Fsp3) is 0.692. The standard InChI is InChI=1S/C13H18ClN3S/c1-18-10-5-4-9(6-10)15-12-7-11(14)16-13(17-12)8-2-3-8/h7-10H,2-6H2,1H3,(H,15,16,17). The molecule has 2 saturated carbocycles. The van der Waals surface area contributed by atoms with Gasteiger partial charge in [-0.05, 0) is 38.4 Å². The first kappa shape index (κ1) is 12.5. The topological polar surface area (TPSA) is 37.8 Å². The highest BCUT2D eigenvalue weighted by Gasteiger charge is 2.28. The van der Waals surface area contributed by atoms with E-state index in [1.54, 1.807) is 0 Å². The van der Waals surface area contributed by atoms with Crippen LogP contribution in [0.3, 0.4) is 0 Å². The van der Waals surface area contributed by atoms with Crippen LogP contribution >= 0.6 is 23.4 Å². The Hall–Kier alpha value is -0.480. The second-order valence-electron chi connectivity index (χ2n) is 5.22. The van der Waals surface area contributed by atoms with Crippen LogP contribution in [0.1, 0.15) is 43.8 Å². The van der Waals surface area contributed by atoms with Gasteiger partial charge in [-0.15, -0.1) is 0 Å². The normalized spacial score (nSPS) is 27.4. The predicted octanol–water partition coefficient (Wildman–Crippen LogP) is 3.70. The molecular weight excluding hydrogens is 266 g/mol. The molecule has 0 spiro atoms. The Morgan fingerprint density at radius 3 is 2.78 bits per heavy atom. The van der Waals surface area contributed by atoms with Crippen molar-refractivity contribution in [2.24, 2.45) is 0 Å². The Bertz CT molecular complexity index is 436. The average molecular weight is 284 g/mol. The molecule has 3 rings (SSSR count). The van der Waals surface area contributed by atoms with E-state index in [2.05, 4.69) is 21.5 Å². The molecule has 3 nitrogen and oxygen atoms in total. The third-order valence-corrected chi connectivity index (χ3v) is 5.01. The Labute approximate surface area is 117 Å². The molecule has 5 heteroatoms. The molecule has 2 aliphatic rings. The van der Waals surface area contributed by atoms with Crippen LogP contribution in [0.25, 0.3) is 0 Å². The van der Waals surface area contributed by atoms with Gasteiger partial charge in [0, 0.05) is 23.3 Å². The number of rotatable bonds is 4. The molecule has 98 valence electrons. The summed E-state index contributed by atoms with van der Waals surface area (Å²) in [6, 6.07) is 2.39. The zero-order valence-electron chi connectivity index (χ0n) is 10.5. The largest absolute Gasteiger partial charge is 0.367 e. The Balaban J connectivity index is 1.68. The van der Waals surface area contributed by atoms with Gasteiger partial charge in [0.2, 0.25) is 0 Å². The molecule has 0 radical (unpaired) electrons. The van der Waals surface area contributed by atoms with Gasteiger partial charge in [0.25, 0.3) is 0 Å². The van der Waals surface area contributed by atoms with Crippen LogP contribution in [0.5, 0.6) is 0 Å². The first-order chi connectivity index (χ1) is 8.74. The van der Waals surface area contributed by atoms with Crippen LogP contribution < -0.4 is 5.32 Å². The quantitative estimate of drug-likeness (QED) is 0.855. The van der Waals surface area contributed by atoms with Crippen molar-refractivity contribution >= 4 is 29.2 Å². The van der Waals surface area contributed by atoms with E-state index in [0.717, 1.165) is 16.9 Å². The number of anilines is 1. The molecule has 2 aliphatic carbocycles. The lowest BCUT2D eigenvalue weighted by molar-refractivity contribution is 0.748. The summed E-state index contributed by atoms with van der Waals surface area (Å²) < 4.78 is 0. The van der Waals surface area contributed by atoms with Gasteiger partial charge in [0.1, 0.15) is 16.8 Å². The summed E-state index contributed by atoms with van der Waals surface area (Å²) in [6.45, 7) is 0. The highest BCUT2D eigenvalue weighted by Crippen LogP contribution is 2.39. The van der Waals surface area contributed by atoms with Crippen LogP contribution in [0.4, 0.5) is 5.82 Å². The summed E-state index contributed by atoms with van der Waals surface area (Å²) in [5.41, 5.74) is 0. The maximum Gasteiger partial charge on any atom is 0.135 e. The molecule has 1 aromatic heterocycles. The zero-order chi connectivity index (χ0) is 12.5. The fourth-order valence-corrected chi connectivity index (χ4v) is 3.51. The van der Waals surface area contributed by atoms with Gasteiger partial charge in [-0.1, -0.05) is 11.6 Å². The summed E-state index contributed by atoms with van der Waals surface area (Å²) in [5.74, 6) is 2.37. The third-order valence-electron chi connectivity index (χ3n) is 3.72. The summed E-state index contributed by atoms with van der Waals surface area (Å²) in [4.78, 5) is 8.91. The van der Waals surface area contributed by atoms with Crippen LogP contribution in [0.15, 0.2) is 6.07 Å². The summed E-state index contributed by atoms with van der Waals surface area (Å²) >= 11 is 8.04. The summed E-state index contributed by atoms with van der Waals surface area (Å²) in [5, 5.41) is 4.88. The van der Waals surface area contributed by atoms with Gasteiger partial charge < -0.3 is 5.32 Å². The van der Waals surface area contributed by atoms with E-state index >= 15 is 0 Å². The molecular formula is C13H18ClN3S. The molecule has 18 heavy (non-hydrogen) atoms. The molecule has 0 saturated heterocycles. The van der Waals surface area contributed by atoms with Gasteiger partial charge in [-0.3, -0.25) is 0 Å². The third kappa shape index (κ3) is 2.91. The number of nitrogens with zero attached hydrogens (tertiary/aromatic N) is 2. The average Bonchev–Trinajstić information content (AvgIpc) is 3.10. The first-order valence-electron chi connectivity index (χ1n) is 6.58. The molecule has 2 unspecified atom stereocenters. The molecule has 1 aromatic rings. The SMILES string of the molecule is CSC1CCC(Nc2cc(Cl)nc(C3CC3)n2)C1. The first-order valence-corrected chi connectivity index (χ1v) is 8.25. The van der Waals surface area contributed by atoms with Gasteiger partial charge >= 0.3 is 0 Å². The van der Waals surface area contributed by atoms with Crippen LogP contribution in [-0.4, -0.2) is 27.5 Å². The molecule has 0 aromatic carbocycles. The molecule has 1 heterocycles. The van der Waals surface area contributed by atoms with Crippen molar-refractivity contribution in [3.63, 3.8) is 0 Å². The van der Waals surface area contributed by atoms with Crippen molar-refractivity contribution in [1.29, 1.82) is 0 Å². The fourth-order valence-electron chi connectivity index (χ4n) is 2.53. The van der Waals surface area contributed by atoms with Gasteiger partial charge in [-0.2, -0.15) is 11.8 Å². The smallest absolute Gasteiger partial charge is 0.135 e. The molecule has 2 fully saturated rings. The van der Waals surface area contributed by atoms with E-state index in [-0.39, 0.29) is 0 Å². The van der Waals surface area contributed by atoms with E-state index in [1.807, 2.05) is 17.8 Å². The van der Waals surface area contributed by atoms with Gasteiger partial charge in [-0.25, -0.2) is 9.97 Å². The van der Waals surface area contributed by atoms with Crippen LogP contribution in [0.2, 0.25) is 5.15 Å². The molecule has 0 amide bonds. The van der Waals surface area contributed by atoms with Crippen LogP contribution in [-0.2, 0) is 0 Å². The number of aromatic nitrogens is 2. The monoisotopic (exact) mass is 283 g/mol. The minimum Gasteiger partial charge on any atom is -0.367 e. The van der Waals surface area contributed by atoms with Crippen molar-refractivity contribution < 1.29 is 0 Å². The number of halogens is 1. The Kier molecular flexibility index (Phi) is 3.66. The highest BCUT2D eigenvalue weighted by molar-refractivity contribution is 7.99. The van der Waals surface area contributed by atoms with Gasteiger partial charge in [0.15, 0.2) is 0 Å². The van der Waals surface area contributed by atoms with Gasteiger partial charge in [0.05, 0.1) is 0 Å². The Morgan fingerprint density at radius 1 is 1.28 bits per heavy atom.